The molecule has 16 heavy (non-hydrogen) atoms. The Morgan fingerprint density at radius 3 is 2.88 bits per heavy atom. The van der Waals surface area contributed by atoms with Crippen LogP contribution in [-0.2, 0) is 11.3 Å². The molecule has 0 amide bonds. The molecule has 0 radical (unpaired) electrons. The van der Waals surface area contributed by atoms with Gasteiger partial charge in [0.25, 0.3) is 0 Å². The Hall–Kier alpha value is -1.07. The van der Waals surface area contributed by atoms with Gasteiger partial charge in [-0.1, -0.05) is 0 Å². The summed E-state index contributed by atoms with van der Waals surface area (Å²) in [7, 11) is 1.67. The number of furan rings is 1. The summed E-state index contributed by atoms with van der Waals surface area (Å²) in [4.78, 5) is 0. The molecule has 90 valence electrons. The molecule has 4 nitrogen and oxygen atoms in total. The Bertz CT molecular complexity index is 338. The number of hydrogen-bond donors (Lipinski definition) is 2. The Kier molecular flexibility index (Phi) is 5.28. The summed E-state index contributed by atoms with van der Waals surface area (Å²) in [6, 6.07) is 4.06. The van der Waals surface area contributed by atoms with Gasteiger partial charge in [0.1, 0.15) is 11.5 Å². The van der Waals surface area contributed by atoms with Crippen LogP contribution in [-0.4, -0.2) is 24.9 Å². The third kappa shape index (κ3) is 4.63. The summed E-state index contributed by atoms with van der Waals surface area (Å²) < 4.78 is 10.4. The summed E-state index contributed by atoms with van der Waals surface area (Å²) in [5.41, 5.74) is 0. The van der Waals surface area contributed by atoms with Crippen molar-refractivity contribution in [1.29, 1.82) is 0 Å². The van der Waals surface area contributed by atoms with Crippen LogP contribution in [0.3, 0.4) is 0 Å². The van der Waals surface area contributed by atoms with Crippen molar-refractivity contribution in [3.8, 4) is 0 Å². The first-order valence-corrected chi connectivity index (χ1v) is 5.61. The lowest BCUT2D eigenvalue weighted by molar-refractivity contribution is 0.179. The van der Waals surface area contributed by atoms with E-state index in [1.165, 1.54) is 0 Å². The SMILES string of the molecule is COCC(C)NC(=S)NCc1ccc(C)o1. The van der Waals surface area contributed by atoms with Gasteiger partial charge in [-0.15, -0.1) is 0 Å². The van der Waals surface area contributed by atoms with Crippen LogP contribution >= 0.6 is 12.2 Å². The fraction of sp³-hybridized carbons (Fsp3) is 0.545. The van der Waals surface area contributed by atoms with E-state index in [1.54, 1.807) is 7.11 Å². The van der Waals surface area contributed by atoms with Crippen LogP contribution in [0.2, 0.25) is 0 Å². The predicted octanol–water partition coefficient (Wildman–Crippen LogP) is 1.59. The van der Waals surface area contributed by atoms with Crippen LogP contribution in [0.25, 0.3) is 0 Å². The summed E-state index contributed by atoms with van der Waals surface area (Å²) >= 11 is 5.13. The van der Waals surface area contributed by atoms with Crippen LogP contribution in [0.4, 0.5) is 0 Å². The molecule has 1 heterocycles. The number of thiocarbonyl (C=S) groups is 1. The highest BCUT2D eigenvalue weighted by Gasteiger charge is 2.04. The van der Waals surface area contributed by atoms with Crippen LogP contribution < -0.4 is 10.6 Å². The second-order valence-corrected chi connectivity index (χ2v) is 4.10. The fourth-order valence-electron chi connectivity index (χ4n) is 1.31. The normalized spacial score (nSPS) is 12.2. The van der Waals surface area contributed by atoms with Gasteiger partial charge in [-0.05, 0) is 38.2 Å². The maximum atomic E-state index is 5.41. The van der Waals surface area contributed by atoms with Crippen molar-refractivity contribution in [3.63, 3.8) is 0 Å². The molecular weight excluding hydrogens is 224 g/mol. The fourth-order valence-corrected chi connectivity index (χ4v) is 1.59. The first-order chi connectivity index (χ1) is 7.61. The zero-order valence-corrected chi connectivity index (χ0v) is 10.7. The third-order valence-electron chi connectivity index (χ3n) is 2.01. The van der Waals surface area contributed by atoms with Crippen LogP contribution in [0.15, 0.2) is 16.5 Å². The van der Waals surface area contributed by atoms with Crippen molar-refractivity contribution in [3.05, 3.63) is 23.7 Å². The molecule has 0 saturated heterocycles. The lowest BCUT2D eigenvalue weighted by Gasteiger charge is -2.15. The molecular formula is C11H18N2O2S. The van der Waals surface area contributed by atoms with Crippen molar-refractivity contribution < 1.29 is 9.15 Å². The van der Waals surface area contributed by atoms with Crippen molar-refractivity contribution in [1.82, 2.24) is 10.6 Å². The van der Waals surface area contributed by atoms with Gasteiger partial charge in [0, 0.05) is 13.2 Å². The quantitative estimate of drug-likeness (QED) is 0.768. The summed E-state index contributed by atoms with van der Waals surface area (Å²) in [6.07, 6.45) is 0. The van der Waals surface area contributed by atoms with E-state index in [1.807, 2.05) is 26.0 Å². The molecule has 0 aliphatic heterocycles. The zero-order valence-electron chi connectivity index (χ0n) is 9.87. The van der Waals surface area contributed by atoms with Crippen LogP contribution in [0, 0.1) is 6.92 Å². The predicted molar refractivity (Wildman–Crippen MR) is 67.4 cm³/mol. The van der Waals surface area contributed by atoms with E-state index in [4.69, 9.17) is 21.4 Å². The van der Waals surface area contributed by atoms with E-state index >= 15 is 0 Å². The lowest BCUT2D eigenvalue weighted by Crippen LogP contribution is -2.42. The van der Waals surface area contributed by atoms with Gasteiger partial charge < -0.3 is 19.8 Å². The minimum Gasteiger partial charge on any atom is -0.465 e. The summed E-state index contributed by atoms with van der Waals surface area (Å²) in [5.74, 6) is 1.78. The maximum Gasteiger partial charge on any atom is 0.166 e. The van der Waals surface area contributed by atoms with Gasteiger partial charge in [-0.2, -0.15) is 0 Å². The standard InChI is InChI=1S/C11H18N2O2S/c1-8(7-14-3)13-11(16)12-6-10-5-4-9(2)15-10/h4-5,8H,6-7H2,1-3H3,(H2,12,13,16). The van der Waals surface area contributed by atoms with Gasteiger partial charge in [-0.3, -0.25) is 0 Å². The molecule has 1 aromatic heterocycles. The highest BCUT2D eigenvalue weighted by atomic mass is 32.1. The average Bonchev–Trinajstić information content (AvgIpc) is 2.61. The number of aryl methyl sites for hydroxylation is 1. The number of hydrogen-bond acceptors (Lipinski definition) is 3. The Balaban J connectivity index is 2.25. The number of ether oxygens (including phenoxy) is 1. The lowest BCUT2D eigenvalue weighted by atomic mass is 10.4. The largest absolute Gasteiger partial charge is 0.465 e. The third-order valence-corrected chi connectivity index (χ3v) is 2.28. The average molecular weight is 242 g/mol. The number of methoxy groups -OCH3 is 1. The minimum atomic E-state index is 0.198. The van der Waals surface area contributed by atoms with Gasteiger partial charge in [0.2, 0.25) is 0 Å². The molecule has 0 bridgehead atoms. The van der Waals surface area contributed by atoms with Crippen molar-refractivity contribution >= 4 is 17.3 Å². The highest BCUT2D eigenvalue weighted by Crippen LogP contribution is 2.05. The first kappa shape index (κ1) is 13.0. The van der Waals surface area contributed by atoms with E-state index in [-0.39, 0.29) is 6.04 Å². The molecule has 0 aliphatic rings. The molecule has 0 spiro atoms. The van der Waals surface area contributed by atoms with Crippen molar-refractivity contribution in [2.24, 2.45) is 0 Å². The monoisotopic (exact) mass is 242 g/mol. The maximum absolute atomic E-state index is 5.41. The number of rotatable bonds is 5. The van der Waals surface area contributed by atoms with E-state index in [0.29, 0.717) is 18.3 Å². The van der Waals surface area contributed by atoms with Crippen LogP contribution in [0.5, 0.6) is 0 Å². The smallest absolute Gasteiger partial charge is 0.166 e. The molecule has 0 aliphatic carbocycles. The molecule has 5 heteroatoms. The molecule has 0 saturated carbocycles. The number of nitrogens with one attached hydrogen (secondary N) is 2. The summed E-state index contributed by atoms with van der Waals surface area (Å²) in [5, 5.41) is 6.79. The van der Waals surface area contributed by atoms with E-state index < -0.39 is 0 Å². The molecule has 1 unspecified atom stereocenters. The first-order valence-electron chi connectivity index (χ1n) is 5.20. The molecule has 1 rings (SSSR count). The topological polar surface area (TPSA) is 46.4 Å². The second-order valence-electron chi connectivity index (χ2n) is 3.70. The van der Waals surface area contributed by atoms with Crippen molar-refractivity contribution in [2.75, 3.05) is 13.7 Å². The molecule has 1 aromatic rings. The minimum absolute atomic E-state index is 0.198. The Labute approximate surface area is 101 Å². The Morgan fingerprint density at radius 1 is 1.56 bits per heavy atom. The molecule has 2 N–H and O–H groups in total. The highest BCUT2D eigenvalue weighted by molar-refractivity contribution is 7.80. The Morgan fingerprint density at radius 2 is 2.31 bits per heavy atom. The summed E-state index contributed by atoms with van der Waals surface area (Å²) in [6.45, 7) is 5.15. The molecule has 1 atom stereocenters. The van der Waals surface area contributed by atoms with Gasteiger partial charge in [-0.25, -0.2) is 0 Å². The zero-order chi connectivity index (χ0) is 12.0. The van der Waals surface area contributed by atoms with Gasteiger partial charge >= 0.3 is 0 Å². The van der Waals surface area contributed by atoms with Gasteiger partial charge in [0.15, 0.2) is 5.11 Å². The van der Waals surface area contributed by atoms with Crippen molar-refractivity contribution in [2.45, 2.75) is 26.4 Å². The van der Waals surface area contributed by atoms with E-state index in [0.717, 1.165) is 11.5 Å². The van der Waals surface area contributed by atoms with E-state index in [9.17, 15) is 0 Å². The second kappa shape index (κ2) is 6.50. The molecule has 0 aromatic carbocycles. The van der Waals surface area contributed by atoms with Crippen LogP contribution in [0.1, 0.15) is 18.4 Å². The molecule has 0 fully saturated rings. The van der Waals surface area contributed by atoms with Gasteiger partial charge in [0.05, 0.1) is 13.2 Å². The van der Waals surface area contributed by atoms with E-state index in [2.05, 4.69) is 10.6 Å².